The molecule has 0 radical (unpaired) electrons. The van der Waals surface area contributed by atoms with Crippen LogP contribution in [-0.2, 0) is 0 Å². The zero-order valence-corrected chi connectivity index (χ0v) is 8.01. The summed E-state index contributed by atoms with van der Waals surface area (Å²) < 4.78 is 1.49. The van der Waals surface area contributed by atoms with E-state index in [0.29, 0.717) is 0 Å². The van der Waals surface area contributed by atoms with Gasteiger partial charge in [-0.25, -0.2) is 4.68 Å². The van der Waals surface area contributed by atoms with Gasteiger partial charge in [0.2, 0.25) is 5.16 Å². The Morgan fingerprint density at radius 1 is 1.58 bits per heavy atom. The normalized spacial score (nSPS) is 11.2. The van der Waals surface area contributed by atoms with Crippen LogP contribution in [0.1, 0.15) is 12.7 Å². The van der Waals surface area contributed by atoms with Crippen LogP contribution in [0.4, 0.5) is 0 Å². The van der Waals surface area contributed by atoms with E-state index in [1.807, 2.05) is 19.9 Å². The molecule has 1 aromatic heterocycles. The van der Waals surface area contributed by atoms with E-state index in [9.17, 15) is 0 Å². The lowest BCUT2D eigenvalue weighted by molar-refractivity contribution is 0.826. The number of allylic oxidation sites excluding steroid dienone is 1. The van der Waals surface area contributed by atoms with Gasteiger partial charge >= 0.3 is 0 Å². The molecule has 0 aromatic carbocycles. The Balaban J connectivity index is 2.57. The van der Waals surface area contributed by atoms with E-state index in [1.165, 1.54) is 4.68 Å². The summed E-state index contributed by atoms with van der Waals surface area (Å²) in [6.07, 6.45) is 4.05. The van der Waals surface area contributed by atoms with E-state index in [2.05, 4.69) is 16.3 Å². The third kappa shape index (κ3) is 2.01. The minimum Gasteiger partial charge on any atom is -0.336 e. The summed E-state index contributed by atoms with van der Waals surface area (Å²) in [6, 6.07) is 0. The van der Waals surface area contributed by atoms with Crippen molar-refractivity contribution < 1.29 is 0 Å². The number of nitrogen functional groups attached to an aromatic ring is 1. The van der Waals surface area contributed by atoms with Crippen LogP contribution in [0.3, 0.4) is 0 Å². The summed E-state index contributed by atoms with van der Waals surface area (Å²) in [4.78, 5) is 0. The van der Waals surface area contributed by atoms with Crippen molar-refractivity contribution in [2.75, 3.05) is 11.6 Å². The Morgan fingerprint density at radius 2 is 2.33 bits per heavy atom. The molecule has 1 rings (SSSR count). The topological polar surface area (TPSA) is 56.7 Å². The van der Waals surface area contributed by atoms with Gasteiger partial charge in [0.05, 0.1) is 0 Å². The maximum atomic E-state index is 5.63. The third-order valence-corrected chi connectivity index (χ3v) is 2.28. The molecule has 5 heteroatoms. The number of aryl methyl sites for hydroxylation is 1. The molecule has 1 aromatic rings. The van der Waals surface area contributed by atoms with Crippen molar-refractivity contribution in [3.05, 3.63) is 18.0 Å². The van der Waals surface area contributed by atoms with Crippen LogP contribution in [0, 0.1) is 6.92 Å². The summed E-state index contributed by atoms with van der Waals surface area (Å²) in [6.45, 7) is 3.81. The number of hydrogen-bond donors (Lipinski definition) is 1. The predicted octanol–water partition coefficient (Wildman–Crippen LogP) is 0.969. The van der Waals surface area contributed by atoms with Crippen molar-refractivity contribution in [2.24, 2.45) is 0 Å². The summed E-state index contributed by atoms with van der Waals surface area (Å²) in [5.74, 6) is 7.25. The number of nitrogens with zero attached hydrogens (tertiary/aromatic N) is 3. The molecule has 0 spiro atoms. The fourth-order valence-electron chi connectivity index (χ4n) is 0.667. The molecule has 0 atom stereocenters. The molecule has 2 N–H and O–H groups in total. The molecule has 0 amide bonds. The second-order valence-electron chi connectivity index (χ2n) is 2.28. The van der Waals surface area contributed by atoms with Crippen molar-refractivity contribution in [1.29, 1.82) is 0 Å². The molecule has 0 aliphatic heterocycles. The minimum absolute atomic E-state index is 0.734. The highest BCUT2D eigenvalue weighted by molar-refractivity contribution is 7.99. The van der Waals surface area contributed by atoms with E-state index in [0.717, 1.165) is 16.7 Å². The number of thioether (sulfide) groups is 1. The van der Waals surface area contributed by atoms with Gasteiger partial charge < -0.3 is 5.84 Å². The quantitative estimate of drug-likeness (QED) is 0.432. The van der Waals surface area contributed by atoms with Gasteiger partial charge in [0.25, 0.3) is 0 Å². The number of hydrogen-bond acceptors (Lipinski definition) is 4. The van der Waals surface area contributed by atoms with E-state index in [1.54, 1.807) is 11.8 Å². The molecule has 0 bridgehead atoms. The zero-order valence-electron chi connectivity index (χ0n) is 7.19. The molecule has 12 heavy (non-hydrogen) atoms. The molecule has 0 saturated heterocycles. The molecule has 0 aliphatic carbocycles. The summed E-state index contributed by atoms with van der Waals surface area (Å²) in [7, 11) is 0. The lowest BCUT2D eigenvalue weighted by Gasteiger charge is -1.97. The summed E-state index contributed by atoms with van der Waals surface area (Å²) >= 11 is 1.57. The smallest absolute Gasteiger partial charge is 0.210 e. The standard InChI is InChI=1S/C7H12N4S/c1-3-4-5-12-7-10-9-6(2)11(7)8/h3-4H,5,8H2,1-2H3/b4-3+. The molecule has 0 aliphatic rings. The van der Waals surface area contributed by atoms with Crippen LogP contribution in [-0.4, -0.2) is 20.6 Å². The fraction of sp³-hybridized carbons (Fsp3) is 0.429. The Hall–Kier alpha value is -0.970. The largest absolute Gasteiger partial charge is 0.336 e. The van der Waals surface area contributed by atoms with Crippen molar-refractivity contribution >= 4 is 11.8 Å². The van der Waals surface area contributed by atoms with Crippen LogP contribution in [0.5, 0.6) is 0 Å². The highest BCUT2D eigenvalue weighted by Gasteiger charge is 2.03. The highest BCUT2D eigenvalue weighted by atomic mass is 32.2. The van der Waals surface area contributed by atoms with E-state index in [4.69, 9.17) is 5.84 Å². The first kappa shape index (κ1) is 9.12. The first-order valence-electron chi connectivity index (χ1n) is 3.66. The van der Waals surface area contributed by atoms with Crippen molar-refractivity contribution in [2.45, 2.75) is 19.0 Å². The molecule has 66 valence electrons. The van der Waals surface area contributed by atoms with Gasteiger partial charge in [0.15, 0.2) is 0 Å². The van der Waals surface area contributed by atoms with Crippen LogP contribution in [0.25, 0.3) is 0 Å². The molecule has 1 heterocycles. The predicted molar refractivity (Wildman–Crippen MR) is 50.4 cm³/mol. The zero-order chi connectivity index (χ0) is 8.97. The Kier molecular flexibility index (Phi) is 3.16. The Bertz CT molecular complexity index is 279. The van der Waals surface area contributed by atoms with Gasteiger partial charge in [0.1, 0.15) is 5.82 Å². The first-order chi connectivity index (χ1) is 5.75. The first-order valence-corrected chi connectivity index (χ1v) is 4.65. The SMILES string of the molecule is C/C=C/CSc1nnc(C)n1N. The minimum atomic E-state index is 0.734. The van der Waals surface area contributed by atoms with Crippen LogP contribution in [0.2, 0.25) is 0 Å². The average molecular weight is 184 g/mol. The number of aromatic nitrogens is 3. The fourth-order valence-corrected chi connectivity index (χ4v) is 1.47. The van der Waals surface area contributed by atoms with E-state index < -0.39 is 0 Å². The van der Waals surface area contributed by atoms with E-state index >= 15 is 0 Å². The van der Waals surface area contributed by atoms with Crippen molar-refractivity contribution in [3.8, 4) is 0 Å². The number of nitrogens with two attached hydrogens (primary N) is 1. The lowest BCUT2D eigenvalue weighted by Crippen LogP contribution is -2.11. The highest BCUT2D eigenvalue weighted by Crippen LogP contribution is 2.13. The maximum Gasteiger partial charge on any atom is 0.210 e. The summed E-state index contributed by atoms with van der Waals surface area (Å²) in [5, 5.41) is 8.50. The van der Waals surface area contributed by atoms with Crippen LogP contribution in [0.15, 0.2) is 17.3 Å². The lowest BCUT2D eigenvalue weighted by atomic mass is 10.6. The van der Waals surface area contributed by atoms with Gasteiger partial charge in [-0.05, 0) is 13.8 Å². The molecular weight excluding hydrogens is 172 g/mol. The molecule has 0 fully saturated rings. The van der Waals surface area contributed by atoms with Crippen molar-refractivity contribution in [3.63, 3.8) is 0 Å². The van der Waals surface area contributed by atoms with E-state index in [-0.39, 0.29) is 0 Å². The molecular formula is C7H12N4S. The van der Waals surface area contributed by atoms with Gasteiger partial charge in [0, 0.05) is 5.75 Å². The third-order valence-electron chi connectivity index (χ3n) is 1.38. The van der Waals surface area contributed by atoms with Gasteiger partial charge in [-0.15, -0.1) is 10.2 Å². The van der Waals surface area contributed by atoms with Gasteiger partial charge in [-0.3, -0.25) is 0 Å². The van der Waals surface area contributed by atoms with Gasteiger partial charge in [-0.1, -0.05) is 23.9 Å². The Morgan fingerprint density at radius 3 is 2.83 bits per heavy atom. The second kappa shape index (κ2) is 4.15. The number of rotatable bonds is 3. The monoisotopic (exact) mass is 184 g/mol. The summed E-state index contributed by atoms with van der Waals surface area (Å²) in [5.41, 5.74) is 0. The Labute approximate surface area is 75.8 Å². The second-order valence-corrected chi connectivity index (χ2v) is 3.27. The molecule has 0 saturated carbocycles. The average Bonchev–Trinajstić information content (AvgIpc) is 2.36. The molecule has 4 nitrogen and oxygen atoms in total. The van der Waals surface area contributed by atoms with Crippen molar-refractivity contribution in [1.82, 2.24) is 14.9 Å². The maximum absolute atomic E-state index is 5.63. The van der Waals surface area contributed by atoms with Crippen LogP contribution >= 0.6 is 11.8 Å². The van der Waals surface area contributed by atoms with Crippen LogP contribution < -0.4 is 5.84 Å². The molecule has 0 unspecified atom stereocenters. The van der Waals surface area contributed by atoms with Gasteiger partial charge in [-0.2, -0.15) is 0 Å².